The fourth-order valence-corrected chi connectivity index (χ4v) is 3.40. The zero-order valence-electron chi connectivity index (χ0n) is 12.8. The Balaban J connectivity index is 2.21. The highest BCUT2D eigenvalue weighted by Gasteiger charge is 2.40. The van der Waals surface area contributed by atoms with Crippen molar-refractivity contribution in [2.75, 3.05) is 0 Å². The molecule has 0 aliphatic heterocycles. The summed E-state index contributed by atoms with van der Waals surface area (Å²) in [5.74, 6) is 0.980. The van der Waals surface area contributed by atoms with Crippen molar-refractivity contribution in [2.24, 2.45) is 11.8 Å². The maximum absolute atomic E-state index is 11.0. The van der Waals surface area contributed by atoms with Crippen molar-refractivity contribution in [1.29, 1.82) is 0 Å². The lowest BCUT2D eigenvalue weighted by Gasteiger charge is -2.42. The third-order valence-corrected chi connectivity index (χ3v) is 5.03. The van der Waals surface area contributed by atoms with Crippen molar-refractivity contribution in [3.63, 3.8) is 0 Å². The van der Waals surface area contributed by atoms with Gasteiger partial charge in [0.05, 0.1) is 11.3 Å². The number of hydrogen-bond donors (Lipinski definition) is 1. The van der Waals surface area contributed by atoms with Gasteiger partial charge >= 0.3 is 0 Å². The second kappa shape index (κ2) is 5.66. The summed E-state index contributed by atoms with van der Waals surface area (Å²) in [4.78, 5) is 0. The number of aliphatic hydroxyl groups is 1. The molecule has 0 radical (unpaired) electrons. The van der Waals surface area contributed by atoms with Gasteiger partial charge in [0.1, 0.15) is 0 Å². The van der Waals surface area contributed by atoms with Gasteiger partial charge in [0.15, 0.2) is 0 Å². The standard InChI is InChI=1S/C16H28N2O/c1-5-14-10-15(18(6-2)17-14)11-16(19)9-7-8-12(3)13(16)4/h10,12-13,19H,5-9,11H2,1-4H3. The van der Waals surface area contributed by atoms with Crippen molar-refractivity contribution >= 4 is 0 Å². The molecule has 108 valence electrons. The SMILES string of the molecule is CCc1cc(CC2(O)CCCC(C)C2C)n(CC)n1. The zero-order chi connectivity index (χ0) is 14.0. The Hall–Kier alpha value is -0.830. The lowest BCUT2D eigenvalue weighted by Crippen LogP contribution is -2.45. The van der Waals surface area contributed by atoms with Crippen LogP contribution in [0.1, 0.15) is 58.3 Å². The summed E-state index contributed by atoms with van der Waals surface area (Å²) in [7, 11) is 0. The first-order chi connectivity index (χ1) is 9.00. The molecule has 0 aromatic carbocycles. The Morgan fingerprint density at radius 1 is 1.42 bits per heavy atom. The van der Waals surface area contributed by atoms with Crippen molar-refractivity contribution in [1.82, 2.24) is 9.78 Å². The highest BCUT2D eigenvalue weighted by molar-refractivity contribution is 5.14. The van der Waals surface area contributed by atoms with Crippen molar-refractivity contribution in [3.05, 3.63) is 17.5 Å². The van der Waals surface area contributed by atoms with Gasteiger partial charge in [0.25, 0.3) is 0 Å². The topological polar surface area (TPSA) is 38.0 Å². The van der Waals surface area contributed by atoms with Gasteiger partial charge in [-0.15, -0.1) is 0 Å². The molecule has 0 bridgehead atoms. The molecular weight excluding hydrogens is 236 g/mol. The van der Waals surface area contributed by atoms with Crippen LogP contribution in [0, 0.1) is 11.8 Å². The first kappa shape index (κ1) is 14.6. The first-order valence-corrected chi connectivity index (χ1v) is 7.78. The summed E-state index contributed by atoms with van der Waals surface area (Å²) < 4.78 is 2.06. The van der Waals surface area contributed by atoms with Gasteiger partial charge in [0.2, 0.25) is 0 Å². The summed E-state index contributed by atoms with van der Waals surface area (Å²) in [6.07, 6.45) is 5.03. The molecule has 3 atom stereocenters. The maximum atomic E-state index is 11.0. The minimum atomic E-state index is -0.546. The van der Waals surface area contributed by atoms with Crippen LogP contribution in [0.2, 0.25) is 0 Å². The molecule has 19 heavy (non-hydrogen) atoms. The largest absolute Gasteiger partial charge is 0.389 e. The van der Waals surface area contributed by atoms with E-state index in [1.807, 2.05) is 0 Å². The summed E-state index contributed by atoms with van der Waals surface area (Å²) in [6, 6.07) is 2.17. The predicted octanol–water partition coefficient (Wildman–Crippen LogP) is 3.20. The second-order valence-corrected chi connectivity index (χ2v) is 6.23. The van der Waals surface area contributed by atoms with E-state index in [1.165, 1.54) is 12.1 Å². The van der Waals surface area contributed by atoms with Gasteiger partial charge in [-0.05, 0) is 37.7 Å². The number of aryl methyl sites for hydroxylation is 2. The van der Waals surface area contributed by atoms with E-state index in [0.29, 0.717) is 11.8 Å². The molecule has 1 heterocycles. The lowest BCUT2D eigenvalue weighted by atomic mass is 9.69. The van der Waals surface area contributed by atoms with E-state index in [1.54, 1.807) is 0 Å². The van der Waals surface area contributed by atoms with E-state index in [2.05, 4.69) is 43.5 Å². The first-order valence-electron chi connectivity index (χ1n) is 7.78. The molecule has 0 spiro atoms. The maximum Gasteiger partial charge on any atom is 0.0730 e. The molecule has 1 fully saturated rings. The molecule has 1 aliphatic rings. The van der Waals surface area contributed by atoms with Crippen molar-refractivity contribution < 1.29 is 5.11 Å². The van der Waals surface area contributed by atoms with Crippen LogP contribution in [0.25, 0.3) is 0 Å². The lowest BCUT2D eigenvalue weighted by molar-refractivity contribution is -0.0633. The van der Waals surface area contributed by atoms with E-state index >= 15 is 0 Å². The summed E-state index contributed by atoms with van der Waals surface area (Å²) >= 11 is 0. The van der Waals surface area contributed by atoms with Crippen LogP contribution in [0.3, 0.4) is 0 Å². The zero-order valence-corrected chi connectivity index (χ0v) is 12.8. The van der Waals surface area contributed by atoms with Crippen LogP contribution in [0.15, 0.2) is 6.07 Å². The molecule has 0 saturated heterocycles. The minimum absolute atomic E-state index is 0.367. The Morgan fingerprint density at radius 3 is 2.79 bits per heavy atom. The number of nitrogens with zero attached hydrogens (tertiary/aromatic N) is 2. The van der Waals surface area contributed by atoms with Crippen molar-refractivity contribution in [2.45, 2.75) is 71.9 Å². The predicted molar refractivity (Wildman–Crippen MR) is 78.1 cm³/mol. The normalized spacial score (nSPS) is 31.6. The molecule has 1 aromatic heterocycles. The van der Waals surface area contributed by atoms with Gasteiger partial charge in [-0.3, -0.25) is 4.68 Å². The number of hydrogen-bond acceptors (Lipinski definition) is 2. The highest BCUT2D eigenvalue weighted by atomic mass is 16.3. The Bertz CT molecular complexity index is 426. The quantitative estimate of drug-likeness (QED) is 0.907. The van der Waals surface area contributed by atoms with Crippen LogP contribution >= 0.6 is 0 Å². The average molecular weight is 264 g/mol. The summed E-state index contributed by atoms with van der Waals surface area (Å²) in [5.41, 5.74) is 1.79. The molecule has 3 nitrogen and oxygen atoms in total. The van der Waals surface area contributed by atoms with E-state index in [-0.39, 0.29) is 0 Å². The fraction of sp³-hybridized carbons (Fsp3) is 0.812. The summed E-state index contributed by atoms with van der Waals surface area (Å²) in [6.45, 7) is 9.61. The van der Waals surface area contributed by atoms with Gasteiger partial charge in [-0.1, -0.05) is 33.6 Å². The van der Waals surface area contributed by atoms with Gasteiger partial charge in [-0.25, -0.2) is 0 Å². The highest BCUT2D eigenvalue weighted by Crippen LogP contribution is 2.39. The van der Waals surface area contributed by atoms with Crippen LogP contribution in [0.4, 0.5) is 0 Å². The Kier molecular flexibility index (Phi) is 4.34. The third-order valence-electron chi connectivity index (χ3n) is 5.03. The fourth-order valence-electron chi connectivity index (χ4n) is 3.40. The molecule has 1 aromatic rings. The molecule has 1 aliphatic carbocycles. The monoisotopic (exact) mass is 264 g/mol. The summed E-state index contributed by atoms with van der Waals surface area (Å²) in [5, 5.41) is 15.6. The van der Waals surface area contributed by atoms with Crippen LogP contribution < -0.4 is 0 Å². The van der Waals surface area contributed by atoms with Gasteiger partial charge in [-0.2, -0.15) is 5.10 Å². The average Bonchev–Trinajstić information content (AvgIpc) is 2.78. The van der Waals surface area contributed by atoms with E-state index in [4.69, 9.17) is 0 Å². The Morgan fingerprint density at radius 2 is 2.16 bits per heavy atom. The van der Waals surface area contributed by atoms with E-state index < -0.39 is 5.60 Å². The van der Waals surface area contributed by atoms with E-state index in [9.17, 15) is 5.11 Å². The number of rotatable bonds is 4. The molecular formula is C16H28N2O. The second-order valence-electron chi connectivity index (χ2n) is 6.23. The number of aromatic nitrogens is 2. The van der Waals surface area contributed by atoms with Crippen LogP contribution in [-0.4, -0.2) is 20.5 Å². The minimum Gasteiger partial charge on any atom is -0.389 e. The van der Waals surface area contributed by atoms with Gasteiger partial charge < -0.3 is 5.11 Å². The molecule has 2 rings (SSSR count). The van der Waals surface area contributed by atoms with Crippen molar-refractivity contribution in [3.8, 4) is 0 Å². The van der Waals surface area contributed by atoms with Crippen LogP contribution in [-0.2, 0) is 19.4 Å². The van der Waals surface area contributed by atoms with E-state index in [0.717, 1.165) is 37.9 Å². The molecule has 1 saturated carbocycles. The smallest absolute Gasteiger partial charge is 0.0730 e. The molecule has 3 heteroatoms. The molecule has 3 unspecified atom stereocenters. The van der Waals surface area contributed by atoms with Gasteiger partial charge in [0, 0.05) is 18.7 Å². The molecule has 1 N–H and O–H groups in total. The van der Waals surface area contributed by atoms with Crippen LogP contribution in [0.5, 0.6) is 0 Å². The Labute approximate surface area is 117 Å². The molecule has 0 amide bonds. The third kappa shape index (κ3) is 2.86.